The highest BCUT2D eigenvalue weighted by Crippen LogP contribution is 2.50. The van der Waals surface area contributed by atoms with Crippen LogP contribution in [-0.4, -0.2) is 41.8 Å². The molecule has 0 aliphatic carbocycles. The van der Waals surface area contributed by atoms with Crippen LogP contribution in [0.2, 0.25) is 0 Å². The summed E-state index contributed by atoms with van der Waals surface area (Å²) in [6.07, 6.45) is 3.87. The Morgan fingerprint density at radius 2 is 2.45 bits per heavy atom. The van der Waals surface area contributed by atoms with Gasteiger partial charge in [0.25, 0.3) is 5.91 Å². The lowest BCUT2D eigenvalue weighted by atomic mass is 10.1. The maximum atomic E-state index is 12.4. The molecule has 7 nitrogen and oxygen atoms in total. The van der Waals surface area contributed by atoms with Gasteiger partial charge in [-0.1, -0.05) is 0 Å². The molecule has 2 aliphatic heterocycles. The smallest absolute Gasteiger partial charge is 0.263 e. The number of anilines is 1. The van der Waals surface area contributed by atoms with Crippen LogP contribution in [0.3, 0.4) is 0 Å². The molecule has 0 bridgehead atoms. The predicted molar refractivity (Wildman–Crippen MR) is 81.1 cm³/mol. The molecular formula is C14H13N5O2S. The van der Waals surface area contributed by atoms with Crippen LogP contribution in [-0.2, 0) is 0 Å². The minimum Gasteiger partial charge on any atom is -0.488 e. The summed E-state index contributed by atoms with van der Waals surface area (Å²) in [6.45, 7) is 1.71. The van der Waals surface area contributed by atoms with Crippen LogP contribution in [0.4, 0.5) is 5.69 Å². The van der Waals surface area contributed by atoms with Gasteiger partial charge in [0.1, 0.15) is 17.2 Å². The summed E-state index contributed by atoms with van der Waals surface area (Å²) < 4.78 is 5.86. The number of thiophene rings is 1. The third-order valence-corrected chi connectivity index (χ3v) is 5.15. The summed E-state index contributed by atoms with van der Waals surface area (Å²) in [5.74, 6) is 0.625. The number of aromatic nitrogens is 2. The number of carbonyl (C=O) groups excluding carboxylic acids is 1. The summed E-state index contributed by atoms with van der Waals surface area (Å²) in [7, 11) is 0. The number of rotatable bonds is 2. The van der Waals surface area contributed by atoms with E-state index in [1.54, 1.807) is 12.4 Å². The Balaban J connectivity index is 1.89. The van der Waals surface area contributed by atoms with Crippen molar-refractivity contribution in [2.45, 2.75) is 12.5 Å². The molecule has 0 fully saturated rings. The molecule has 1 atom stereocenters. The van der Waals surface area contributed by atoms with Gasteiger partial charge in [0.2, 0.25) is 0 Å². The maximum absolute atomic E-state index is 12.4. The number of hydrogen-bond acceptors (Lipinski definition) is 6. The molecule has 112 valence electrons. The largest absolute Gasteiger partial charge is 0.488 e. The predicted octanol–water partition coefficient (Wildman–Crippen LogP) is 1.36. The maximum Gasteiger partial charge on any atom is 0.263 e. The van der Waals surface area contributed by atoms with Crippen molar-refractivity contribution in [1.29, 1.82) is 5.26 Å². The average Bonchev–Trinajstić information content (AvgIpc) is 3.15. The number of H-pyrrole nitrogens is 1. The van der Waals surface area contributed by atoms with Gasteiger partial charge in [-0.2, -0.15) is 10.4 Å². The molecule has 8 heteroatoms. The van der Waals surface area contributed by atoms with Gasteiger partial charge in [-0.3, -0.25) is 9.89 Å². The quantitative estimate of drug-likeness (QED) is 0.873. The molecule has 0 saturated carbocycles. The summed E-state index contributed by atoms with van der Waals surface area (Å²) in [5, 5.41) is 18.7. The lowest BCUT2D eigenvalue weighted by Gasteiger charge is -2.34. The second kappa shape index (κ2) is 5.03. The molecule has 0 aromatic carbocycles. The third-order valence-electron chi connectivity index (χ3n) is 3.94. The van der Waals surface area contributed by atoms with Crippen molar-refractivity contribution in [2.24, 2.45) is 0 Å². The molecule has 0 radical (unpaired) electrons. The Labute approximate surface area is 130 Å². The lowest BCUT2D eigenvalue weighted by molar-refractivity contribution is 0.0959. The first-order valence-corrected chi connectivity index (χ1v) is 7.81. The van der Waals surface area contributed by atoms with Crippen molar-refractivity contribution in [3.05, 3.63) is 17.3 Å². The van der Waals surface area contributed by atoms with Crippen LogP contribution in [0.5, 0.6) is 5.75 Å². The van der Waals surface area contributed by atoms with Gasteiger partial charge in [-0.05, 0) is 0 Å². The van der Waals surface area contributed by atoms with Crippen LogP contribution in [0.25, 0.3) is 10.4 Å². The third kappa shape index (κ3) is 1.86. The summed E-state index contributed by atoms with van der Waals surface area (Å²) in [6, 6.07) is 2.18. The molecule has 2 aromatic rings. The fourth-order valence-electron chi connectivity index (χ4n) is 2.93. The van der Waals surface area contributed by atoms with Gasteiger partial charge in [0.05, 0.1) is 36.2 Å². The van der Waals surface area contributed by atoms with E-state index in [4.69, 9.17) is 10.00 Å². The number of nitriles is 1. The van der Waals surface area contributed by atoms with Crippen LogP contribution < -0.4 is 15.0 Å². The van der Waals surface area contributed by atoms with Crippen molar-refractivity contribution in [3.63, 3.8) is 0 Å². The Bertz CT molecular complexity index is 761. The van der Waals surface area contributed by atoms with Gasteiger partial charge in [0, 0.05) is 18.3 Å². The van der Waals surface area contributed by atoms with Crippen molar-refractivity contribution >= 4 is 22.9 Å². The molecule has 4 heterocycles. The van der Waals surface area contributed by atoms with E-state index in [9.17, 15) is 4.79 Å². The van der Waals surface area contributed by atoms with E-state index < -0.39 is 0 Å². The molecule has 22 heavy (non-hydrogen) atoms. The van der Waals surface area contributed by atoms with Crippen molar-refractivity contribution < 1.29 is 9.53 Å². The van der Waals surface area contributed by atoms with E-state index in [-0.39, 0.29) is 11.9 Å². The normalized spacial score (nSPS) is 19.7. The van der Waals surface area contributed by atoms with Gasteiger partial charge in [0.15, 0.2) is 5.75 Å². The van der Waals surface area contributed by atoms with Crippen LogP contribution in [0.15, 0.2) is 12.4 Å². The van der Waals surface area contributed by atoms with E-state index in [1.807, 2.05) is 0 Å². The fraction of sp³-hybridized carbons (Fsp3) is 0.357. The first-order valence-electron chi connectivity index (χ1n) is 7.00. The molecule has 2 N–H and O–H groups in total. The van der Waals surface area contributed by atoms with Gasteiger partial charge in [-0.15, -0.1) is 11.3 Å². The molecule has 0 saturated heterocycles. The average molecular weight is 315 g/mol. The van der Waals surface area contributed by atoms with Crippen LogP contribution >= 0.6 is 11.3 Å². The zero-order valence-corrected chi connectivity index (χ0v) is 12.4. The van der Waals surface area contributed by atoms with E-state index >= 15 is 0 Å². The fourth-order valence-corrected chi connectivity index (χ4v) is 4.09. The Hall–Kier alpha value is -2.53. The van der Waals surface area contributed by atoms with Crippen molar-refractivity contribution in [3.8, 4) is 22.3 Å². The molecule has 0 spiro atoms. The highest BCUT2D eigenvalue weighted by Gasteiger charge is 2.37. The molecule has 2 aromatic heterocycles. The highest BCUT2D eigenvalue weighted by molar-refractivity contribution is 7.18. The molecule has 2 aliphatic rings. The van der Waals surface area contributed by atoms with Crippen molar-refractivity contribution in [1.82, 2.24) is 15.5 Å². The topological polar surface area (TPSA) is 94.0 Å². The van der Waals surface area contributed by atoms with Gasteiger partial charge >= 0.3 is 0 Å². The zero-order chi connectivity index (χ0) is 15.1. The first kappa shape index (κ1) is 13.2. The van der Waals surface area contributed by atoms with Crippen LogP contribution in [0.1, 0.15) is 16.1 Å². The standard InChI is InChI=1S/C14H13N5O2S/c15-2-1-9-7-16-14(20)13-10-11(21-4-3-19(9)10)12(22-13)8-5-17-18-6-8/h5-6,9H,1,3-4,7H2,(H,16,20)(H,17,18)/t9-/m1/s1. The number of nitrogens with one attached hydrogen (secondary N) is 2. The number of hydrogen-bond donors (Lipinski definition) is 2. The van der Waals surface area contributed by atoms with Gasteiger partial charge in [-0.25, -0.2) is 0 Å². The number of amides is 1. The monoisotopic (exact) mass is 315 g/mol. The molecule has 1 amide bonds. The minimum atomic E-state index is -0.105. The van der Waals surface area contributed by atoms with Gasteiger partial charge < -0.3 is 15.0 Å². The van der Waals surface area contributed by atoms with Crippen molar-refractivity contribution in [2.75, 3.05) is 24.6 Å². The molecule has 0 unspecified atom stereocenters. The Morgan fingerprint density at radius 1 is 1.55 bits per heavy atom. The number of aromatic amines is 1. The summed E-state index contributed by atoms with van der Waals surface area (Å²) in [4.78, 5) is 16.1. The second-order valence-corrected chi connectivity index (χ2v) is 6.21. The van der Waals surface area contributed by atoms with E-state index in [1.165, 1.54) is 11.3 Å². The Kier molecular flexibility index (Phi) is 3.01. The summed E-state index contributed by atoms with van der Waals surface area (Å²) in [5.41, 5.74) is 1.72. The summed E-state index contributed by atoms with van der Waals surface area (Å²) >= 11 is 1.41. The molecule has 4 rings (SSSR count). The Morgan fingerprint density at radius 3 is 3.23 bits per heavy atom. The number of carbonyl (C=O) groups is 1. The second-order valence-electron chi connectivity index (χ2n) is 5.19. The van der Waals surface area contributed by atoms with Crippen LogP contribution in [0, 0.1) is 11.3 Å². The zero-order valence-electron chi connectivity index (χ0n) is 11.6. The van der Waals surface area contributed by atoms with E-state index in [0.29, 0.717) is 31.0 Å². The number of nitrogens with zero attached hydrogens (tertiary/aromatic N) is 3. The van der Waals surface area contributed by atoms with E-state index in [0.717, 1.165) is 21.9 Å². The number of ether oxygens (including phenoxy) is 1. The first-order chi connectivity index (χ1) is 10.8. The highest BCUT2D eigenvalue weighted by atomic mass is 32.1. The lowest BCUT2D eigenvalue weighted by Crippen LogP contribution is -2.44. The molecular weight excluding hydrogens is 302 g/mol. The SMILES string of the molecule is N#CC[C@@H]1CNC(=O)c2sc(-c3cn[nH]c3)c3c2N1CCO3. The minimum absolute atomic E-state index is 0.0235. The van der Waals surface area contributed by atoms with E-state index in [2.05, 4.69) is 26.5 Å².